The molecule has 0 saturated heterocycles. The van der Waals surface area contributed by atoms with Crippen LogP contribution in [0.3, 0.4) is 0 Å². The van der Waals surface area contributed by atoms with Gasteiger partial charge in [-0.1, -0.05) is 29.8 Å². The van der Waals surface area contributed by atoms with Crippen LogP contribution >= 0.6 is 23.1 Å². The van der Waals surface area contributed by atoms with Crippen LogP contribution in [0.2, 0.25) is 0 Å². The van der Waals surface area contributed by atoms with Crippen LogP contribution in [0, 0.1) is 0 Å². The first-order chi connectivity index (χ1) is 11.8. The molecule has 0 spiro atoms. The highest BCUT2D eigenvalue weighted by Gasteiger charge is 2.21. The number of rotatable bonds is 4. The van der Waals surface area contributed by atoms with Crippen LogP contribution in [0.1, 0.15) is 47.3 Å². The van der Waals surface area contributed by atoms with Crippen LogP contribution in [0.15, 0.2) is 46.9 Å². The van der Waals surface area contributed by atoms with Crippen molar-refractivity contribution in [1.29, 1.82) is 0 Å². The molecular weight excluding hydrogens is 334 g/mol. The number of hydrogen-bond donors (Lipinski definition) is 1. The van der Waals surface area contributed by atoms with Crippen LogP contribution in [0.4, 0.5) is 0 Å². The Morgan fingerprint density at radius 2 is 2.12 bits per heavy atom. The molecule has 2 aromatic rings. The van der Waals surface area contributed by atoms with Crippen molar-refractivity contribution in [3.8, 4) is 10.4 Å². The molecule has 0 saturated carbocycles. The van der Waals surface area contributed by atoms with E-state index < -0.39 is 0 Å². The summed E-state index contributed by atoms with van der Waals surface area (Å²) in [5.41, 5.74) is 4.08. The summed E-state index contributed by atoms with van der Waals surface area (Å²) in [7, 11) is 0. The lowest BCUT2D eigenvalue weighted by molar-refractivity contribution is 0.0958. The van der Waals surface area contributed by atoms with Crippen molar-refractivity contribution >= 4 is 29.0 Å². The number of carbonyl (C=O) groups is 1. The number of fused-ring (bicyclic) bond motifs is 3. The van der Waals surface area contributed by atoms with E-state index in [9.17, 15) is 4.79 Å². The van der Waals surface area contributed by atoms with E-state index in [4.69, 9.17) is 0 Å². The molecule has 1 aromatic heterocycles. The van der Waals surface area contributed by atoms with Gasteiger partial charge in [-0.15, -0.1) is 23.1 Å². The van der Waals surface area contributed by atoms with Gasteiger partial charge in [-0.25, -0.2) is 0 Å². The zero-order valence-electron chi connectivity index (χ0n) is 13.6. The van der Waals surface area contributed by atoms with E-state index in [0.29, 0.717) is 0 Å². The van der Waals surface area contributed by atoms with Crippen LogP contribution in [-0.2, 0) is 5.75 Å². The fourth-order valence-corrected chi connectivity index (χ4v) is 5.70. The minimum atomic E-state index is 0.0771. The Balaban J connectivity index is 1.43. The Hall–Kier alpha value is -1.52. The quantitative estimate of drug-likeness (QED) is 0.719. The monoisotopic (exact) mass is 355 g/mol. The van der Waals surface area contributed by atoms with Gasteiger partial charge in [0.25, 0.3) is 5.91 Å². The van der Waals surface area contributed by atoms with Crippen molar-refractivity contribution in [3.63, 3.8) is 0 Å². The summed E-state index contributed by atoms with van der Waals surface area (Å²) >= 11 is 3.49. The molecule has 2 heterocycles. The van der Waals surface area contributed by atoms with Crippen LogP contribution in [0.5, 0.6) is 0 Å². The normalized spacial score (nSPS) is 16.1. The minimum absolute atomic E-state index is 0.0771. The third-order valence-electron chi connectivity index (χ3n) is 4.66. The molecule has 0 atom stereocenters. The van der Waals surface area contributed by atoms with Crippen molar-refractivity contribution in [1.82, 2.24) is 5.32 Å². The minimum Gasteiger partial charge on any atom is -0.351 e. The number of allylic oxidation sites excluding steroid dienone is 1. The van der Waals surface area contributed by atoms with Gasteiger partial charge in [0.2, 0.25) is 0 Å². The Bertz CT molecular complexity index is 791. The maximum Gasteiger partial charge on any atom is 0.261 e. The fourth-order valence-electron chi connectivity index (χ4n) is 3.37. The summed E-state index contributed by atoms with van der Waals surface area (Å²) < 4.78 is 0. The fraction of sp³-hybridized carbons (Fsp3) is 0.350. The molecule has 0 radical (unpaired) electrons. The summed E-state index contributed by atoms with van der Waals surface area (Å²) in [5.74, 6) is 1.04. The SMILES string of the molecule is O=C(NCCC1=CCCCC1)c1cc2c(s1)-c1ccccc1SC2. The van der Waals surface area contributed by atoms with E-state index in [2.05, 4.69) is 41.7 Å². The summed E-state index contributed by atoms with van der Waals surface area (Å²) in [5, 5.41) is 3.10. The third kappa shape index (κ3) is 3.31. The maximum atomic E-state index is 12.5. The number of amides is 1. The highest BCUT2D eigenvalue weighted by Crippen LogP contribution is 2.45. The van der Waals surface area contributed by atoms with E-state index in [1.165, 1.54) is 52.2 Å². The van der Waals surface area contributed by atoms with E-state index >= 15 is 0 Å². The van der Waals surface area contributed by atoms with Crippen molar-refractivity contribution in [3.05, 3.63) is 52.4 Å². The molecule has 2 nitrogen and oxygen atoms in total. The van der Waals surface area contributed by atoms with Gasteiger partial charge in [-0.05, 0) is 49.8 Å². The average Bonchev–Trinajstić information content (AvgIpc) is 3.07. The average molecular weight is 356 g/mol. The number of thioether (sulfide) groups is 1. The van der Waals surface area contributed by atoms with Crippen LogP contribution < -0.4 is 5.32 Å². The van der Waals surface area contributed by atoms with Crippen molar-refractivity contribution in [2.24, 2.45) is 0 Å². The summed E-state index contributed by atoms with van der Waals surface area (Å²) in [6, 6.07) is 10.6. The molecule has 0 fully saturated rings. The maximum absolute atomic E-state index is 12.5. The van der Waals surface area contributed by atoms with Gasteiger partial charge in [-0.3, -0.25) is 4.79 Å². The molecule has 0 unspecified atom stereocenters. The predicted octanol–water partition coefficient (Wildman–Crippen LogP) is 5.64. The molecular formula is C20H21NOS2. The predicted molar refractivity (Wildman–Crippen MR) is 103 cm³/mol. The number of hydrogen-bond acceptors (Lipinski definition) is 3. The Morgan fingerprint density at radius 3 is 3.00 bits per heavy atom. The number of thiophene rings is 1. The number of carbonyl (C=O) groups excluding carboxylic acids is 1. The zero-order valence-corrected chi connectivity index (χ0v) is 15.3. The van der Waals surface area contributed by atoms with Crippen LogP contribution in [0.25, 0.3) is 10.4 Å². The lowest BCUT2D eigenvalue weighted by Crippen LogP contribution is -2.24. The lowest BCUT2D eigenvalue weighted by Gasteiger charge is -2.14. The van der Waals surface area contributed by atoms with Crippen LogP contribution in [-0.4, -0.2) is 12.5 Å². The van der Waals surface area contributed by atoms with Gasteiger partial charge < -0.3 is 5.32 Å². The molecule has 1 aromatic carbocycles. The molecule has 4 rings (SSSR count). The van der Waals surface area contributed by atoms with Gasteiger partial charge >= 0.3 is 0 Å². The standard InChI is InChI=1S/C20H21NOS2/c22-20(21-11-10-14-6-2-1-3-7-14)18-12-15-13-23-17-9-5-4-8-16(17)19(15)24-18/h4-6,8-9,12H,1-3,7,10-11,13H2,(H,21,22). The lowest BCUT2D eigenvalue weighted by atomic mass is 9.97. The van der Waals surface area contributed by atoms with Gasteiger partial charge in [-0.2, -0.15) is 0 Å². The van der Waals surface area contributed by atoms with Gasteiger partial charge in [0.15, 0.2) is 0 Å². The zero-order chi connectivity index (χ0) is 16.4. The topological polar surface area (TPSA) is 29.1 Å². The molecule has 4 heteroatoms. The molecule has 1 N–H and O–H groups in total. The molecule has 1 amide bonds. The molecule has 2 aliphatic rings. The molecule has 1 aliphatic carbocycles. The Kier molecular flexibility index (Phi) is 4.76. The first kappa shape index (κ1) is 16.0. The molecule has 24 heavy (non-hydrogen) atoms. The van der Waals surface area contributed by atoms with Gasteiger partial charge in [0.1, 0.15) is 0 Å². The van der Waals surface area contributed by atoms with E-state index in [-0.39, 0.29) is 5.91 Å². The summed E-state index contributed by atoms with van der Waals surface area (Å²) in [4.78, 5) is 15.9. The third-order valence-corrected chi connectivity index (χ3v) is 7.00. The van der Waals surface area contributed by atoms with Crippen molar-refractivity contribution in [2.75, 3.05) is 6.54 Å². The second-order valence-corrected chi connectivity index (χ2v) is 8.43. The van der Waals surface area contributed by atoms with Crippen molar-refractivity contribution < 1.29 is 4.79 Å². The van der Waals surface area contributed by atoms with Gasteiger partial charge in [0.05, 0.1) is 4.88 Å². The number of benzene rings is 1. The highest BCUT2D eigenvalue weighted by atomic mass is 32.2. The second-order valence-electron chi connectivity index (χ2n) is 6.36. The molecule has 0 bridgehead atoms. The molecule has 124 valence electrons. The van der Waals surface area contributed by atoms with E-state index in [0.717, 1.165) is 23.6 Å². The second kappa shape index (κ2) is 7.16. The van der Waals surface area contributed by atoms with E-state index in [1.807, 2.05) is 11.8 Å². The Labute approximate surface area is 151 Å². The van der Waals surface area contributed by atoms with E-state index in [1.54, 1.807) is 11.3 Å². The molecule has 1 aliphatic heterocycles. The first-order valence-electron chi connectivity index (χ1n) is 8.62. The summed E-state index contributed by atoms with van der Waals surface area (Å²) in [6.07, 6.45) is 8.38. The highest BCUT2D eigenvalue weighted by molar-refractivity contribution is 7.98. The van der Waals surface area contributed by atoms with Gasteiger partial charge in [0, 0.05) is 27.6 Å². The number of nitrogens with one attached hydrogen (secondary N) is 1. The van der Waals surface area contributed by atoms with Crippen molar-refractivity contribution in [2.45, 2.75) is 42.8 Å². The smallest absolute Gasteiger partial charge is 0.261 e. The first-order valence-corrected chi connectivity index (χ1v) is 10.4. The summed E-state index contributed by atoms with van der Waals surface area (Å²) in [6.45, 7) is 0.749. The Morgan fingerprint density at radius 1 is 1.21 bits per heavy atom. The largest absolute Gasteiger partial charge is 0.351 e.